The van der Waals surface area contributed by atoms with E-state index in [1.807, 2.05) is 60.7 Å². The van der Waals surface area contributed by atoms with E-state index in [9.17, 15) is 4.79 Å². The van der Waals surface area contributed by atoms with Gasteiger partial charge < -0.3 is 5.73 Å². The minimum atomic E-state index is -0.308. The summed E-state index contributed by atoms with van der Waals surface area (Å²) >= 11 is 0. The molecule has 0 aliphatic rings. The zero-order valence-electron chi connectivity index (χ0n) is 13.5. The molecule has 0 radical (unpaired) electrons. The predicted octanol–water partition coefficient (Wildman–Crippen LogP) is 2.33. The molecule has 0 spiro atoms. The topological polar surface area (TPSA) is 89.1 Å². The molecule has 0 saturated heterocycles. The number of hydrogen-bond acceptors (Lipinski definition) is 4. The van der Waals surface area contributed by atoms with E-state index >= 15 is 0 Å². The Bertz CT molecular complexity index is 1050. The SMILES string of the molecule is NC(Cc1nc(-c2ccccc2)cc2n[nH]c(=O)n12)c1ccccc1. The zero-order valence-corrected chi connectivity index (χ0v) is 13.5. The second-order valence-corrected chi connectivity index (χ2v) is 5.87. The first-order valence-corrected chi connectivity index (χ1v) is 8.05. The number of aromatic amines is 1. The number of benzene rings is 2. The molecule has 3 N–H and O–H groups in total. The lowest BCUT2D eigenvalue weighted by Crippen LogP contribution is -2.21. The Labute approximate surface area is 144 Å². The third-order valence-electron chi connectivity index (χ3n) is 4.17. The van der Waals surface area contributed by atoms with Crippen LogP contribution in [-0.2, 0) is 6.42 Å². The molecule has 1 unspecified atom stereocenters. The number of hydrogen-bond donors (Lipinski definition) is 2. The number of H-pyrrole nitrogens is 1. The Hall–Kier alpha value is -3.25. The number of rotatable bonds is 4. The summed E-state index contributed by atoms with van der Waals surface area (Å²) in [5, 5.41) is 6.58. The van der Waals surface area contributed by atoms with E-state index < -0.39 is 0 Å². The van der Waals surface area contributed by atoms with Crippen LogP contribution in [0.5, 0.6) is 0 Å². The maximum Gasteiger partial charge on any atom is 0.349 e. The van der Waals surface area contributed by atoms with Crippen LogP contribution in [0.1, 0.15) is 17.4 Å². The smallest absolute Gasteiger partial charge is 0.324 e. The van der Waals surface area contributed by atoms with Gasteiger partial charge in [0.15, 0.2) is 5.65 Å². The summed E-state index contributed by atoms with van der Waals surface area (Å²) in [6.45, 7) is 0. The average Bonchev–Trinajstić information content (AvgIpc) is 3.04. The summed E-state index contributed by atoms with van der Waals surface area (Å²) in [5.41, 5.74) is 9.30. The van der Waals surface area contributed by atoms with Gasteiger partial charge in [-0.25, -0.2) is 19.3 Å². The van der Waals surface area contributed by atoms with Crippen LogP contribution in [0.15, 0.2) is 71.5 Å². The first-order chi connectivity index (χ1) is 12.2. The third kappa shape index (κ3) is 2.95. The average molecular weight is 331 g/mol. The van der Waals surface area contributed by atoms with Crippen molar-refractivity contribution in [1.82, 2.24) is 19.6 Å². The van der Waals surface area contributed by atoms with Crippen LogP contribution in [-0.4, -0.2) is 19.6 Å². The lowest BCUT2D eigenvalue weighted by molar-refractivity contribution is 0.674. The highest BCUT2D eigenvalue weighted by atomic mass is 16.1. The normalized spacial score (nSPS) is 12.4. The second kappa shape index (κ2) is 6.33. The number of aromatic nitrogens is 4. The summed E-state index contributed by atoms with van der Waals surface area (Å²) in [6.07, 6.45) is 0.431. The Balaban J connectivity index is 1.81. The molecule has 6 nitrogen and oxygen atoms in total. The summed E-state index contributed by atoms with van der Waals surface area (Å²) in [5.74, 6) is 0.589. The van der Waals surface area contributed by atoms with Crippen molar-refractivity contribution in [1.29, 1.82) is 0 Å². The minimum absolute atomic E-state index is 0.260. The summed E-state index contributed by atoms with van der Waals surface area (Å²) < 4.78 is 1.48. The molecule has 0 aliphatic carbocycles. The van der Waals surface area contributed by atoms with E-state index in [0.29, 0.717) is 17.9 Å². The van der Waals surface area contributed by atoms with Gasteiger partial charge in [-0.1, -0.05) is 60.7 Å². The van der Waals surface area contributed by atoms with Crippen molar-refractivity contribution in [2.75, 3.05) is 0 Å². The molecule has 0 aliphatic heterocycles. The van der Waals surface area contributed by atoms with E-state index in [2.05, 4.69) is 10.2 Å². The van der Waals surface area contributed by atoms with Gasteiger partial charge in [0, 0.05) is 24.1 Å². The molecule has 25 heavy (non-hydrogen) atoms. The minimum Gasteiger partial charge on any atom is -0.324 e. The largest absolute Gasteiger partial charge is 0.349 e. The highest BCUT2D eigenvalue weighted by molar-refractivity contribution is 5.63. The molecular formula is C19H17N5O. The molecule has 6 heteroatoms. The van der Waals surface area contributed by atoms with Crippen LogP contribution in [0.4, 0.5) is 0 Å². The maximum absolute atomic E-state index is 12.1. The van der Waals surface area contributed by atoms with Crippen molar-refractivity contribution < 1.29 is 0 Å². The van der Waals surface area contributed by atoms with Gasteiger partial charge >= 0.3 is 5.69 Å². The maximum atomic E-state index is 12.1. The van der Waals surface area contributed by atoms with Crippen molar-refractivity contribution in [3.8, 4) is 11.3 Å². The van der Waals surface area contributed by atoms with Crippen LogP contribution in [0.2, 0.25) is 0 Å². The van der Waals surface area contributed by atoms with Crippen LogP contribution < -0.4 is 11.4 Å². The van der Waals surface area contributed by atoms with Crippen LogP contribution in [0.3, 0.4) is 0 Å². The fourth-order valence-electron chi connectivity index (χ4n) is 2.91. The van der Waals surface area contributed by atoms with Crippen molar-refractivity contribution in [3.63, 3.8) is 0 Å². The third-order valence-corrected chi connectivity index (χ3v) is 4.17. The number of nitrogens with one attached hydrogen (secondary N) is 1. The molecule has 2 heterocycles. The van der Waals surface area contributed by atoms with Crippen LogP contribution >= 0.6 is 0 Å². The fourth-order valence-corrected chi connectivity index (χ4v) is 2.91. The van der Waals surface area contributed by atoms with Crippen molar-refractivity contribution in [3.05, 3.63) is 88.6 Å². The van der Waals surface area contributed by atoms with Gasteiger partial charge in [0.25, 0.3) is 0 Å². The van der Waals surface area contributed by atoms with E-state index in [4.69, 9.17) is 10.7 Å². The lowest BCUT2D eigenvalue weighted by atomic mass is 10.0. The first kappa shape index (κ1) is 15.3. The molecular weight excluding hydrogens is 314 g/mol. The van der Waals surface area contributed by atoms with Crippen molar-refractivity contribution in [2.45, 2.75) is 12.5 Å². The van der Waals surface area contributed by atoms with E-state index in [1.165, 1.54) is 4.40 Å². The summed E-state index contributed by atoms with van der Waals surface area (Å²) in [4.78, 5) is 16.8. The molecule has 124 valence electrons. The molecule has 0 fully saturated rings. The van der Waals surface area contributed by atoms with E-state index in [0.717, 1.165) is 16.8 Å². The van der Waals surface area contributed by atoms with Gasteiger partial charge in [0.1, 0.15) is 5.82 Å². The van der Waals surface area contributed by atoms with Gasteiger partial charge in [-0.05, 0) is 5.56 Å². The van der Waals surface area contributed by atoms with Crippen LogP contribution in [0.25, 0.3) is 16.9 Å². The quantitative estimate of drug-likeness (QED) is 0.600. The number of nitrogens with zero attached hydrogens (tertiary/aromatic N) is 3. The van der Waals surface area contributed by atoms with Gasteiger partial charge in [-0.3, -0.25) is 0 Å². The Morgan fingerprint density at radius 3 is 2.44 bits per heavy atom. The molecule has 0 saturated carbocycles. The molecule has 2 aromatic carbocycles. The van der Waals surface area contributed by atoms with Gasteiger partial charge in [0.2, 0.25) is 0 Å². The second-order valence-electron chi connectivity index (χ2n) is 5.87. The monoisotopic (exact) mass is 331 g/mol. The molecule has 2 aromatic heterocycles. The van der Waals surface area contributed by atoms with Gasteiger partial charge in [-0.2, -0.15) is 5.10 Å². The van der Waals surface area contributed by atoms with Gasteiger partial charge in [0.05, 0.1) is 5.69 Å². The number of nitrogens with two attached hydrogens (primary N) is 1. The molecule has 1 atom stereocenters. The van der Waals surface area contributed by atoms with E-state index in [-0.39, 0.29) is 11.7 Å². The van der Waals surface area contributed by atoms with Crippen molar-refractivity contribution >= 4 is 5.65 Å². The molecule has 4 aromatic rings. The summed E-state index contributed by atoms with van der Waals surface area (Å²) in [7, 11) is 0. The Morgan fingerprint density at radius 2 is 1.72 bits per heavy atom. The predicted molar refractivity (Wildman–Crippen MR) is 96.1 cm³/mol. The molecule has 0 bridgehead atoms. The molecule has 0 amide bonds. The first-order valence-electron chi connectivity index (χ1n) is 8.05. The Morgan fingerprint density at radius 1 is 1.04 bits per heavy atom. The lowest BCUT2D eigenvalue weighted by Gasteiger charge is -2.13. The standard InChI is InChI=1S/C19H17N5O/c20-15(13-7-3-1-4-8-13)11-17-21-16(14-9-5-2-6-10-14)12-18-22-23-19(25)24(17)18/h1-10,12,15H,11,20H2,(H,23,25). The Kier molecular flexibility index (Phi) is 3.87. The van der Waals surface area contributed by atoms with Crippen LogP contribution in [0, 0.1) is 0 Å². The van der Waals surface area contributed by atoms with Gasteiger partial charge in [-0.15, -0.1) is 0 Å². The van der Waals surface area contributed by atoms with Crippen molar-refractivity contribution in [2.24, 2.45) is 5.73 Å². The molecule has 4 rings (SSSR count). The van der Waals surface area contributed by atoms with E-state index in [1.54, 1.807) is 6.07 Å². The number of fused-ring (bicyclic) bond motifs is 1. The zero-order chi connectivity index (χ0) is 17.2. The highest BCUT2D eigenvalue weighted by Crippen LogP contribution is 2.21. The fraction of sp³-hybridized carbons (Fsp3) is 0.105. The highest BCUT2D eigenvalue weighted by Gasteiger charge is 2.15. The summed E-state index contributed by atoms with van der Waals surface area (Å²) in [6, 6.07) is 21.1.